The van der Waals surface area contributed by atoms with Gasteiger partial charge in [-0.1, -0.05) is 13.8 Å². The van der Waals surface area contributed by atoms with Crippen LogP contribution >= 0.6 is 0 Å². The van der Waals surface area contributed by atoms with Gasteiger partial charge in [-0.2, -0.15) is 0 Å². The summed E-state index contributed by atoms with van der Waals surface area (Å²) in [5.41, 5.74) is -0.608. The zero-order valence-electron chi connectivity index (χ0n) is 7.09. The molecule has 0 aromatic carbocycles. The van der Waals surface area contributed by atoms with Gasteiger partial charge in [-0.3, -0.25) is 0 Å². The van der Waals surface area contributed by atoms with E-state index in [4.69, 9.17) is 5.11 Å². The molecular formula is C8H18O2. The van der Waals surface area contributed by atoms with Crippen molar-refractivity contribution >= 4 is 0 Å². The summed E-state index contributed by atoms with van der Waals surface area (Å²) in [6.45, 7) is 5.89. The maximum atomic E-state index is 9.61. The first-order chi connectivity index (χ1) is 4.54. The quantitative estimate of drug-likeness (QED) is 0.625. The average molecular weight is 146 g/mol. The van der Waals surface area contributed by atoms with Gasteiger partial charge >= 0.3 is 0 Å². The van der Waals surface area contributed by atoms with E-state index in [9.17, 15) is 5.11 Å². The summed E-state index contributed by atoms with van der Waals surface area (Å²) >= 11 is 0. The molecule has 2 heteroatoms. The molecule has 0 aliphatic carbocycles. The zero-order valence-corrected chi connectivity index (χ0v) is 7.09. The van der Waals surface area contributed by atoms with Crippen molar-refractivity contribution in [2.45, 2.75) is 39.2 Å². The van der Waals surface area contributed by atoms with Gasteiger partial charge in [-0.15, -0.1) is 0 Å². The molecule has 0 fully saturated rings. The molecule has 2 nitrogen and oxygen atoms in total. The summed E-state index contributed by atoms with van der Waals surface area (Å²) in [5, 5.41) is 18.2. The van der Waals surface area contributed by atoms with Gasteiger partial charge in [-0.05, 0) is 25.7 Å². The maximum absolute atomic E-state index is 9.61. The average Bonchev–Trinajstić information content (AvgIpc) is 1.89. The molecule has 0 aliphatic rings. The van der Waals surface area contributed by atoms with Crippen molar-refractivity contribution in [1.82, 2.24) is 0 Å². The van der Waals surface area contributed by atoms with Crippen LogP contribution in [0.25, 0.3) is 0 Å². The Kier molecular flexibility index (Phi) is 3.91. The smallest absolute Gasteiger partial charge is 0.0643 e. The van der Waals surface area contributed by atoms with Gasteiger partial charge in [0.15, 0.2) is 0 Å². The van der Waals surface area contributed by atoms with Gasteiger partial charge in [0, 0.05) is 6.61 Å². The van der Waals surface area contributed by atoms with Crippen LogP contribution in [-0.4, -0.2) is 22.4 Å². The predicted octanol–water partition coefficient (Wildman–Crippen LogP) is 1.17. The summed E-state index contributed by atoms with van der Waals surface area (Å²) in [6.07, 6.45) is 1.43. The van der Waals surface area contributed by atoms with Gasteiger partial charge < -0.3 is 10.2 Å². The third-order valence-electron chi connectivity index (χ3n) is 2.34. The minimum atomic E-state index is -0.608. The lowest BCUT2D eigenvalue weighted by atomic mass is 9.86. The summed E-state index contributed by atoms with van der Waals surface area (Å²) < 4.78 is 0. The number of hydrogen-bond acceptors (Lipinski definition) is 2. The molecule has 0 bridgehead atoms. The minimum Gasteiger partial charge on any atom is -0.396 e. The Balaban J connectivity index is 3.78. The lowest BCUT2D eigenvalue weighted by Gasteiger charge is -2.28. The van der Waals surface area contributed by atoms with Crippen LogP contribution in [0.1, 0.15) is 33.6 Å². The largest absolute Gasteiger partial charge is 0.396 e. The second-order valence-corrected chi connectivity index (χ2v) is 3.12. The highest BCUT2D eigenvalue weighted by Gasteiger charge is 2.24. The molecule has 2 N–H and O–H groups in total. The van der Waals surface area contributed by atoms with E-state index in [0.29, 0.717) is 6.42 Å². The van der Waals surface area contributed by atoms with Crippen molar-refractivity contribution in [2.24, 2.45) is 5.92 Å². The van der Waals surface area contributed by atoms with Crippen molar-refractivity contribution in [3.05, 3.63) is 0 Å². The first kappa shape index (κ1) is 9.92. The molecule has 0 saturated carbocycles. The van der Waals surface area contributed by atoms with E-state index in [1.165, 1.54) is 0 Å². The molecule has 0 spiro atoms. The van der Waals surface area contributed by atoms with E-state index >= 15 is 0 Å². The number of aliphatic hydroxyl groups is 2. The monoisotopic (exact) mass is 146 g/mol. The van der Waals surface area contributed by atoms with Crippen molar-refractivity contribution in [3.63, 3.8) is 0 Å². The fourth-order valence-corrected chi connectivity index (χ4v) is 0.853. The highest BCUT2D eigenvalue weighted by molar-refractivity contribution is 4.76. The molecule has 0 radical (unpaired) electrons. The summed E-state index contributed by atoms with van der Waals surface area (Å²) in [6, 6.07) is 0. The highest BCUT2D eigenvalue weighted by Crippen LogP contribution is 2.22. The van der Waals surface area contributed by atoms with E-state index in [0.717, 1.165) is 6.42 Å². The molecule has 0 aromatic heterocycles. The van der Waals surface area contributed by atoms with Crippen LogP contribution in [0.5, 0.6) is 0 Å². The summed E-state index contributed by atoms with van der Waals surface area (Å²) in [4.78, 5) is 0. The molecule has 0 amide bonds. The Bertz CT molecular complexity index is 89.3. The van der Waals surface area contributed by atoms with Gasteiger partial charge in [0.2, 0.25) is 0 Å². The SMILES string of the molecule is CCC(C)(O)C(C)CCO. The van der Waals surface area contributed by atoms with Crippen LogP contribution in [0.3, 0.4) is 0 Å². The van der Waals surface area contributed by atoms with E-state index in [-0.39, 0.29) is 12.5 Å². The van der Waals surface area contributed by atoms with Gasteiger partial charge in [0.05, 0.1) is 5.60 Å². The zero-order chi connectivity index (χ0) is 8.20. The number of rotatable bonds is 4. The van der Waals surface area contributed by atoms with Crippen LogP contribution in [0.15, 0.2) is 0 Å². The van der Waals surface area contributed by atoms with Crippen LogP contribution in [0.4, 0.5) is 0 Å². The molecule has 2 atom stereocenters. The Hall–Kier alpha value is -0.0800. The first-order valence-electron chi connectivity index (χ1n) is 3.87. The lowest BCUT2D eigenvalue weighted by molar-refractivity contribution is -0.00636. The van der Waals surface area contributed by atoms with Gasteiger partial charge in [-0.25, -0.2) is 0 Å². The molecular weight excluding hydrogens is 128 g/mol. The third-order valence-corrected chi connectivity index (χ3v) is 2.34. The topological polar surface area (TPSA) is 40.5 Å². The van der Waals surface area contributed by atoms with E-state index in [1.807, 2.05) is 20.8 Å². The molecule has 2 unspecified atom stereocenters. The maximum Gasteiger partial charge on any atom is 0.0643 e. The molecule has 10 heavy (non-hydrogen) atoms. The highest BCUT2D eigenvalue weighted by atomic mass is 16.3. The Morgan fingerprint density at radius 2 is 2.00 bits per heavy atom. The van der Waals surface area contributed by atoms with Gasteiger partial charge in [0.25, 0.3) is 0 Å². The summed E-state index contributed by atoms with van der Waals surface area (Å²) in [5.74, 6) is 0.183. The standard InChI is InChI=1S/C8H18O2/c1-4-8(3,10)7(2)5-6-9/h7,9-10H,4-6H2,1-3H3. The van der Waals surface area contributed by atoms with Gasteiger partial charge in [0.1, 0.15) is 0 Å². The van der Waals surface area contributed by atoms with Crippen LogP contribution in [0.2, 0.25) is 0 Å². The summed E-state index contributed by atoms with van der Waals surface area (Å²) in [7, 11) is 0. The van der Waals surface area contributed by atoms with Crippen molar-refractivity contribution < 1.29 is 10.2 Å². The fourth-order valence-electron chi connectivity index (χ4n) is 0.853. The molecule has 0 aromatic rings. The number of aliphatic hydroxyl groups excluding tert-OH is 1. The molecule has 0 rings (SSSR count). The molecule has 0 saturated heterocycles. The second kappa shape index (κ2) is 3.94. The fraction of sp³-hybridized carbons (Fsp3) is 1.00. The Morgan fingerprint density at radius 1 is 1.50 bits per heavy atom. The van der Waals surface area contributed by atoms with Crippen LogP contribution in [0, 0.1) is 5.92 Å². The van der Waals surface area contributed by atoms with Crippen molar-refractivity contribution in [2.75, 3.05) is 6.61 Å². The van der Waals surface area contributed by atoms with E-state index in [2.05, 4.69) is 0 Å². The third kappa shape index (κ3) is 2.67. The van der Waals surface area contributed by atoms with Crippen LogP contribution < -0.4 is 0 Å². The molecule has 0 aliphatic heterocycles. The second-order valence-electron chi connectivity index (χ2n) is 3.12. The van der Waals surface area contributed by atoms with Crippen LogP contribution in [-0.2, 0) is 0 Å². The molecule has 0 heterocycles. The molecule has 62 valence electrons. The predicted molar refractivity (Wildman–Crippen MR) is 41.8 cm³/mol. The Morgan fingerprint density at radius 3 is 2.30 bits per heavy atom. The van der Waals surface area contributed by atoms with Crippen molar-refractivity contribution in [1.29, 1.82) is 0 Å². The Labute approximate surface area is 62.9 Å². The van der Waals surface area contributed by atoms with Crippen molar-refractivity contribution in [3.8, 4) is 0 Å². The van der Waals surface area contributed by atoms with E-state index in [1.54, 1.807) is 0 Å². The number of hydrogen-bond donors (Lipinski definition) is 2. The normalized spacial score (nSPS) is 20.1. The first-order valence-corrected chi connectivity index (χ1v) is 3.87. The minimum absolute atomic E-state index is 0.164. The lowest BCUT2D eigenvalue weighted by Crippen LogP contribution is -2.32. The van der Waals surface area contributed by atoms with E-state index < -0.39 is 5.60 Å².